The summed E-state index contributed by atoms with van der Waals surface area (Å²) in [6.45, 7) is 0. The van der Waals surface area contributed by atoms with Gasteiger partial charge in [0, 0.05) is 0 Å². The van der Waals surface area contributed by atoms with Gasteiger partial charge >= 0.3 is 23.5 Å². The Kier molecular flexibility index (Phi) is 3.74. The second-order valence-electron chi connectivity index (χ2n) is 4.36. The largest absolute Gasteiger partial charge is 0.466 e. The molecule has 6 nitrogen and oxygen atoms in total. The molecule has 0 saturated carbocycles. The highest BCUT2D eigenvalue weighted by atomic mass is 16.6. The SMILES string of the molecule is COC(=O)C1(C(=O)OC)OC(=O)CC1c1ccccc1. The molecule has 2 rings (SSSR count). The Labute approximate surface area is 115 Å². The second-order valence-corrected chi connectivity index (χ2v) is 4.36. The van der Waals surface area contributed by atoms with Gasteiger partial charge in [-0.25, -0.2) is 9.59 Å². The van der Waals surface area contributed by atoms with Gasteiger partial charge in [-0.05, 0) is 5.56 Å². The van der Waals surface area contributed by atoms with Crippen molar-refractivity contribution in [2.75, 3.05) is 14.2 Å². The molecule has 1 aliphatic heterocycles. The van der Waals surface area contributed by atoms with E-state index in [1.165, 1.54) is 0 Å². The summed E-state index contributed by atoms with van der Waals surface area (Å²) in [4.78, 5) is 35.8. The van der Waals surface area contributed by atoms with Crippen LogP contribution in [0.3, 0.4) is 0 Å². The van der Waals surface area contributed by atoms with Crippen molar-refractivity contribution < 1.29 is 28.6 Å². The third kappa shape index (κ3) is 2.03. The van der Waals surface area contributed by atoms with Crippen molar-refractivity contribution in [1.29, 1.82) is 0 Å². The van der Waals surface area contributed by atoms with E-state index in [-0.39, 0.29) is 6.42 Å². The van der Waals surface area contributed by atoms with Crippen molar-refractivity contribution in [3.63, 3.8) is 0 Å². The van der Waals surface area contributed by atoms with E-state index >= 15 is 0 Å². The Hall–Kier alpha value is -2.37. The van der Waals surface area contributed by atoms with Crippen LogP contribution in [0.4, 0.5) is 0 Å². The van der Waals surface area contributed by atoms with Crippen molar-refractivity contribution in [2.45, 2.75) is 17.9 Å². The predicted molar refractivity (Wildman–Crippen MR) is 66.7 cm³/mol. The topological polar surface area (TPSA) is 78.9 Å². The molecule has 1 saturated heterocycles. The number of methoxy groups -OCH3 is 2. The van der Waals surface area contributed by atoms with Crippen molar-refractivity contribution in [1.82, 2.24) is 0 Å². The quantitative estimate of drug-likeness (QED) is 0.462. The van der Waals surface area contributed by atoms with Crippen LogP contribution in [0.25, 0.3) is 0 Å². The lowest BCUT2D eigenvalue weighted by molar-refractivity contribution is -0.187. The number of hydrogen-bond donors (Lipinski definition) is 0. The first-order valence-electron chi connectivity index (χ1n) is 6.00. The average Bonchev–Trinajstić information content (AvgIpc) is 2.85. The van der Waals surface area contributed by atoms with Gasteiger partial charge in [-0.15, -0.1) is 0 Å². The summed E-state index contributed by atoms with van der Waals surface area (Å²) in [5.74, 6) is -3.29. The van der Waals surface area contributed by atoms with E-state index in [9.17, 15) is 14.4 Å². The molecule has 1 unspecified atom stereocenters. The third-order valence-corrected chi connectivity index (χ3v) is 3.32. The van der Waals surface area contributed by atoms with Gasteiger partial charge in [0.05, 0.1) is 26.6 Å². The van der Waals surface area contributed by atoms with Gasteiger partial charge in [0.25, 0.3) is 0 Å². The summed E-state index contributed by atoms with van der Waals surface area (Å²) >= 11 is 0. The number of cyclic esters (lactones) is 1. The molecular formula is C14H14O6. The van der Waals surface area contributed by atoms with E-state index in [4.69, 9.17) is 4.74 Å². The number of hydrogen-bond acceptors (Lipinski definition) is 6. The second kappa shape index (κ2) is 5.32. The first kappa shape index (κ1) is 14.0. The van der Waals surface area contributed by atoms with Crippen LogP contribution in [0.1, 0.15) is 17.9 Å². The van der Waals surface area contributed by atoms with Crippen molar-refractivity contribution >= 4 is 17.9 Å². The zero-order valence-corrected chi connectivity index (χ0v) is 11.1. The van der Waals surface area contributed by atoms with Crippen LogP contribution in [-0.4, -0.2) is 37.7 Å². The first-order chi connectivity index (χ1) is 9.56. The number of esters is 3. The Morgan fingerprint density at radius 2 is 1.70 bits per heavy atom. The summed E-state index contributed by atoms with van der Waals surface area (Å²) in [7, 11) is 2.25. The zero-order chi connectivity index (χ0) is 14.8. The minimum absolute atomic E-state index is 0.0891. The highest BCUT2D eigenvalue weighted by Gasteiger charge is 2.63. The predicted octanol–water partition coefficient (Wildman–Crippen LogP) is 0.802. The number of carbonyl (C=O) groups is 3. The molecule has 0 aliphatic carbocycles. The maximum atomic E-state index is 12.1. The minimum atomic E-state index is -2.07. The lowest BCUT2D eigenvalue weighted by atomic mass is 9.81. The van der Waals surface area contributed by atoms with Crippen LogP contribution in [0.2, 0.25) is 0 Å². The Morgan fingerprint density at radius 1 is 1.15 bits per heavy atom. The Bertz CT molecular complexity index is 520. The van der Waals surface area contributed by atoms with Gasteiger partial charge in [0.2, 0.25) is 0 Å². The lowest BCUT2D eigenvalue weighted by Gasteiger charge is -2.27. The monoisotopic (exact) mass is 278 g/mol. The Morgan fingerprint density at radius 3 is 2.20 bits per heavy atom. The molecule has 1 heterocycles. The van der Waals surface area contributed by atoms with Gasteiger partial charge in [0.15, 0.2) is 0 Å². The van der Waals surface area contributed by atoms with Crippen molar-refractivity contribution in [3.05, 3.63) is 35.9 Å². The zero-order valence-electron chi connectivity index (χ0n) is 11.1. The van der Waals surface area contributed by atoms with Crippen molar-refractivity contribution in [2.24, 2.45) is 0 Å². The fraction of sp³-hybridized carbons (Fsp3) is 0.357. The molecule has 20 heavy (non-hydrogen) atoms. The van der Waals surface area contributed by atoms with E-state index in [0.29, 0.717) is 5.56 Å². The number of ether oxygens (including phenoxy) is 3. The van der Waals surface area contributed by atoms with Gasteiger partial charge < -0.3 is 14.2 Å². The van der Waals surface area contributed by atoms with Crippen LogP contribution < -0.4 is 0 Å². The minimum Gasteiger partial charge on any atom is -0.466 e. The maximum absolute atomic E-state index is 12.1. The number of rotatable bonds is 3. The molecular weight excluding hydrogens is 264 g/mol. The van der Waals surface area contributed by atoms with E-state index < -0.39 is 29.4 Å². The molecule has 0 aromatic heterocycles. The van der Waals surface area contributed by atoms with E-state index in [1.807, 2.05) is 0 Å². The molecule has 1 aromatic rings. The maximum Gasteiger partial charge on any atom is 0.363 e. The summed E-state index contributed by atoms with van der Waals surface area (Å²) in [6, 6.07) is 8.72. The van der Waals surface area contributed by atoms with Crippen LogP contribution in [0.5, 0.6) is 0 Å². The van der Waals surface area contributed by atoms with E-state index in [0.717, 1.165) is 14.2 Å². The lowest BCUT2D eigenvalue weighted by Crippen LogP contribution is -2.51. The molecule has 0 radical (unpaired) electrons. The molecule has 0 amide bonds. The van der Waals surface area contributed by atoms with Crippen LogP contribution in [0, 0.1) is 0 Å². The van der Waals surface area contributed by atoms with Crippen LogP contribution in [0.15, 0.2) is 30.3 Å². The summed E-state index contributed by atoms with van der Waals surface area (Å²) in [6.07, 6.45) is -0.0891. The fourth-order valence-electron chi connectivity index (χ4n) is 2.40. The van der Waals surface area contributed by atoms with Gasteiger partial charge in [-0.1, -0.05) is 30.3 Å². The summed E-state index contributed by atoms with van der Waals surface area (Å²) in [5.41, 5.74) is -1.43. The molecule has 1 aromatic carbocycles. The molecule has 0 spiro atoms. The molecule has 6 heteroatoms. The molecule has 1 atom stereocenters. The normalized spacial score (nSPS) is 20.1. The molecule has 1 fully saturated rings. The van der Waals surface area contributed by atoms with Gasteiger partial charge in [0.1, 0.15) is 0 Å². The number of carbonyl (C=O) groups excluding carboxylic acids is 3. The van der Waals surface area contributed by atoms with Gasteiger partial charge in [-0.2, -0.15) is 0 Å². The average molecular weight is 278 g/mol. The molecule has 1 aliphatic rings. The highest BCUT2D eigenvalue weighted by Crippen LogP contribution is 2.42. The molecule has 106 valence electrons. The smallest absolute Gasteiger partial charge is 0.363 e. The standard InChI is InChI=1S/C14H14O6/c1-18-12(16)14(13(17)19-2)10(8-11(15)20-14)9-6-4-3-5-7-9/h3-7,10H,8H2,1-2H3. The number of benzene rings is 1. The third-order valence-electron chi connectivity index (χ3n) is 3.32. The molecule has 0 bridgehead atoms. The Balaban J connectivity index is 2.55. The van der Waals surface area contributed by atoms with E-state index in [1.54, 1.807) is 30.3 Å². The van der Waals surface area contributed by atoms with E-state index in [2.05, 4.69) is 9.47 Å². The first-order valence-corrected chi connectivity index (χ1v) is 6.00. The molecule has 0 N–H and O–H groups in total. The van der Waals surface area contributed by atoms with Crippen molar-refractivity contribution in [3.8, 4) is 0 Å². The summed E-state index contributed by atoms with van der Waals surface area (Å²) < 4.78 is 14.3. The van der Waals surface area contributed by atoms with Crippen LogP contribution in [-0.2, 0) is 28.6 Å². The van der Waals surface area contributed by atoms with Crippen LogP contribution >= 0.6 is 0 Å². The highest BCUT2D eigenvalue weighted by molar-refractivity contribution is 6.08. The fourth-order valence-corrected chi connectivity index (χ4v) is 2.40. The van der Waals surface area contributed by atoms with Gasteiger partial charge in [-0.3, -0.25) is 4.79 Å². The summed E-state index contributed by atoms with van der Waals surface area (Å²) in [5, 5.41) is 0.